The topological polar surface area (TPSA) is 61.9 Å². The van der Waals surface area contributed by atoms with E-state index in [9.17, 15) is 31.5 Å². The van der Waals surface area contributed by atoms with E-state index in [0.717, 1.165) is 24.3 Å². The van der Waals surface area contributed by atoms with Gasteiger partial charge in [-0.3, -0.25) is 4.79 Å². The first-order valence-corrected chi connectivity index (χ1v) is 10.2. The number of carbonyl (C=O) groups excluding carboxylic acids is 2. The van der Waals surface area contributed by atoms with Crippen LogP contribution in [-0.2, 0) is 0 Å². The summed E-state index contributed by atoms with van der Waals surface area (Å²) in [6.45, 7) is 1.35. The molecule has 6 nitrogen and oxygen atoms in total. The second kappa shape index (κ2) is 8.53. The van der Waals surface area contributed by atoms with E-state index < -0.39 is 41.2 Å². The van der Waals surface area contributed by atoms with Crippen molar-refractivity contribution in [2.75, 3.05) is 31.5 Å². The molecule has 2 saturated heterocycles. The van der Waals surface area contributed by atoms with Gasteiger partial charge in [-0.2, -0.15) is 0 Å². The molecular weight excluding hydrogens is 449 g/mol. The summed E-state index contributed by atoms with van der Waals surface area (Å²) in [7, 11) is 0. The van der Waals surface area contributed by atoms with Crippen LogP contribution in [0, 0.1) is 17.0 Å². The molecule has 2 aromatic carbocycles. The average Bonchev–Trinajstić information content (AvgIpc) is 3.35. The minimum absolute atomic E-state index is 0.271. The fraction of sp³-hybridized carbons (Fsp3) is 0.364. The van der Waals surface area contributed by atoms with Gasteiger partial charge < -0.3 is 19.9 Å². The van der Waals surface area contributed by atoms with E-state index in [2.05, 4.69) is 10.1 Å². The number of ether oxygens (including phenoxy) is 1. The Morgan fingerprint density at radius 1 is 0.909 bits per heavy atom. The molecular formula is C22H20F5N3O3. The van der Waals surface area contributed by atoms with Gasteiger partial charge in [-0.25, -0.2) is 13.6 Å². The lowest BCUT2D eigenvalue weighted by molar-refractivity contribution is -0.274. The Hall–Kier alpha value is -3.37. The summed E-state index contributed by atoms with van der Waals surface area (Å²) in [5, 5.41) is 2.63. The number of anilines is 1. The highest BCUT2D eigenvalue weighted by atomic mass is 19.4. The summed E-state index contributed by atoms with van der Waals surface area (Å²) in [5.41, 5.74) is -0.659. The molecule has 1 spiro atoms. The highest BCUT2D eigenvalue weighted by Gasteiger charge is 2.46. The Bertz CT molecular complexity index is 1040. The van der Waals surface area contributed by atoms with Crippen molar-refractivity contribution in [3.63, 3.8) is 0 Å². The predicted molar refractivity (Wildman–Crippen MR) is 108 cm³/mol. The average molecular weight is 469 g/mol. The van der Waals surface area contributed by atoms with Crippen LogP contribution in [-0.4, -0.2) is 54.3 Å². The molecule has 2 aliphatic heterocycles. The van der Waals surface area contributed by atoms with Crippen molar-refractivity contribution in [1.82, 2.24) is 9.80 Å². The molecule has 2 heterocycles. The summed E-state index contributed by atoms with van der Waals surface area (Å²) in [5.74, 6) is -2.95. The van der Waals surface area contributed by atoms with E-state index in [-0.39, 0.29) is 12.0 Å². The summed E-state index contributed by atoms with van der Waals surface area (Å²) in [6, 6.07) is 7.61. The third-order valence-electron chi connectivity index (χ3n) is 5.97. The van der Waals surface area contributed by atoms with Gasteiger partial charge in [0.25, 0.3) is 5.91 Å². The quantitative estimate of drug-likeness (QED) is 0.667. The van der Waals surface area contributed by atoms with Crippen LogP contribution in [0.4, 0.5) is 32.4 Å². The lowest BCUT2D eigenvalue weighted by Crippen LogP contribution is -2.37. The van der Waals surface area contributed by atoms with E-state index in [1.54, 1.807) is 4.90 Å². The minimum atomic E-state index is -4.80. The van der Waals surface area contributed by atoms with Crippen molar-refractivity contribution in [2.45, 2.75) is 19.2 Å². The fourth-order valence-corrected chi connectivity index (χ4v) is 4.35. The van der Waals surface area contributed by atoms with Crippen molar-refractivity contribution >= 4 is 17.6 Å². The molecule has 1 unspecified atom stereocenters. The monoisotopic (exact) mass is 469 g/mol. The SMILES string of the molecule is O=C(Nc1ccc(OC(F)(F)F)cc1)N1CCC2(CCN(C(=O)c3c(F)cccc3F)C2)C1. The van der Waals surface area contributed by atoms with Crippen molar-refractivity contribution in [2.24, 2.45) is 5.41 Å². The summed E-state index contributed by atoms with van der Waals surface area (Å²) < 4.78 is 68.5. The number of likely N-dealkylation sites (tertiary alicyclic amines) is 2. The molecule has 0 aromatic heterocycles. The van der Waals surface area contributed by atoms with E-state index in [1.165, 1.54) is 23.1 Å². The molecule has 11 heteroatoms. The Kier molecular flexibility index (Phi) is 5.89. The molecule has 0 aliphatic carbocycles. The van der Waals surface area contributed by atoms with Gasteiger partial charge in [0.05, 0.1) is 0 Å². The maximum absolute atomic E-state index is 14.0. The van der Waals surface area contributed by atoms with Crippen LogP contribution in [0.25, 0.3) is 0 Å². The van der Waals surface area contributed by atoms with Crippen LogP contribution in [0.5, 0.6) is 5.75 Å². The summed E-state index contributed by atoms with van der Waals surface area (Å²) in [4.78, 5) is 28.2. The first-order chi connectivity index (χ1) is 15.6. The molecule has 33 heavy (non-hydrogen) atoms. The normalized spacial score (nSPS) is 20.4. The number of alkyl halides is 3. The Labute approximate surface area is 185 Å². The number of nitrogens with one attached hydrogen (secondary N) is 1. The van der Waals surface area contributed by atoms with Gasteiger partial charge in [0.1, 0.15) is 22.9 Å². The zero-order chi connectivity index (χ0) is 23.8. The summed E-state index contributed by atoms with van der Waals surface area (Å²) in [6.07, 6.45) is -3.60. The molecule has 0 bridgehead atoms. The molecule has 2 aromatic rings. The second-order valence-corrected chi connectivity index (χ2v) is 8.25. The number of urea groups is 1. The number of nitrogens with zero attached hydrogens (tertiary/aromatic N) is 2. The molecule has 0 saturated carbocycles. The number of hydrogen-bond donors (Lipinski definition) is 1. The van der Waals surface area contributed by atoms with Crippen LogP contribution in [0.1, 0.15) is 23.2 Å². The van der Waals surface area contributed by atoms with E-state index in [0.29, 0.717) is 38.2 Å². The highest BCUT2D eigenvalue weighted by molar-refractivity contribution is 5.95. The number of rotatable bonds is 3. The smallest absolute Gasteiger partial charge is 0.406 e. The third kappa shape index (κ3) is 5.01. The zero-order valence-electron chi connectivity index (χ0n) is 17.3. The second-order valence-electron chi connectivity index (χ2n) is 8.25. The Balaban J connectivity index is 1.35. The first-order valence-electron chi connectivity index (χ1n) is 10.2. The van der Waals surface area contributed by atoms with Gasteiger partial charge >= 0.3 is 12.4 Å². The molecule has 3 amide bonds. The van der Waals surface area contributed by atoms with Crippen LogP contribution < -0.4 is 10.1 Å². The van der Waals surface area contributed by atoms with Crippen LogP contribution >= 0.6 is 0 Å². The van der Waals surface area contributed by atoms with E-state index in [1.807, 2.05) is 0 Å². The Morgan fingerprint density at radius 2 is 1.48 bits per heavy atom. The molecule has 176 valence electrons. The molecule has 2 aliphatic rings. The zero-order valence-corrected chi connectivity index (χ0v) is 17.3. The number of halogens is 5. The van der Waals surface area contributed by atoms with Crippen molar-refractivity contribution in [1.29, 1.82) is 0 Å². The summed E-state index contributed by atoms with van der Waals surface area (Å²) >= 11 is 0. The molecule has 1 N–H and O–H groups in total. The molecule has 2 fully saturated rings. The first kappa shape index (κ1) is 22.8. The molecule has 0 radical (unpaired) electrons. The van der Waals surface area contributed by atoms with Crippen LogP contribution in [0.3, 0.4) is 0 Å². The fourth-order valence-electron chi connectivity index (χ4n) is 4.35. The van der Waals surface area contributed by atoms with Gasteiger partial charge in [-0.1, -0.05) is 6.07 Å². The number of carbonyl (C=O) groups is 2. The lowest BCUT2D eigenvalue weighted by Gasteiger charge is -2.25. The van der Waals surface area contributed by atoms with Crippen LogP contribution in [0.15, 0.2) is 42.5 Å². The standard InChI is InChI=1S/C22H20F5N3O3/c23-16-2-1-3-17(24)18(16)19(31)29-10-8-21(12-29)9-11-30(13-21)20(32)28-14-4-6-15(7-5-14)33-22(25,26)27/h1-7H,8-13H2,(H,28,32). The Morgan fingerprint density at radius 3 is 2.09 bits per heavy atom. The van der Waals surface area contributed by atoms with Gasteiger partial charge in [0, 0.05) is 37.3 Å². The highest BCUT2D eigenvalue weighted by Crippen LogP contribution is 2.40. The maximum atomic E-state index is 14.0. The van der Waals surface area contributed by atoms with Crippen molar-refractivity contribution in [3.05, 3.63) is 59.7 Å². The minimum Gasteiger partial charge on any atom is -0.406 e. The van der Waals surface area contributed by atoms with Gasteiger partial charge in [0.15, 0.2) is 0 Å². The lowest BCUT2D eigenvalue weighted by atomic mass is 9.86. The van der Waals surface area contributed by atoms with E-state index in [4.69, 9.17) is 0 Å². The number of hydrogen-bond acceptors (Lipinski definition) is 3. The van der Waals surface area contributed by atoms with Gasteiger partial charge in [0.2, 0.25) is 0 Å². The molecule has 1 atom stereocenters. The third-order valence-corrected chi connectivity index (χ3v) is 5.97. The molecule has 4 rings (SSSR count). The maximum Gasteiger partial charge on any atom is 0.573 e. The van der Waals surface area contributed by atoms with Crippen molar-refractivity contribution < 1.29 is 36.3 Å². The van der Waals surface area contributed by atoms with E-state index >= 15 is 0 Å². The predicted octanol–water partition coefficient (Wildman–Crippen LogP) is 4.63. The van der Waals surface area contributed by atoms with Gasteiger partial charge in [-0.05, 0) is 49.2 Å². The largest absolute Gasteiger partial charge is 0.573 e. The number of amides is 3. The van der Waals surface area contributed by atoms with Crippen LogP contribution in [0.2, 0.25) is 0 Å². The van der Waals surface area contributed by atoms with Gasteiger partial charge in [-0.15, -0.1) is 13.2 Å². The van der Waals surface area contributed by atoms with Crippen molar-refractivity contribution in [3.8, 4) is 5.75 Å². The number of benzene rings is 2.